The number of carbonyl (C=O) groups excluding carboxylic acids is 1. The van der Waals surface area contributed by atoms with E-state index >= 15 is 0 Å². The number of aromatic carboxylic acids is 1. The fourth-order valence-electron chi connectivity index (χ4n) is 2.37. The normalized spacial score (nSPS) is 14.1. The molecular formula is C16H21NO3. The third-order valence-electron chi connectivity index (χ3n) is 3.65. The zero-order valence-corrected chi connectivity index (χ0v) is 11.8. The molecule has 1 N–H and O–H groups in total. The van der Waals surface area contributed by atoms with Gasteiger partial charge in [-0.25, -0.2) is 4.79 Å². The first kappa shape index (κ1) is 14.6. The maximum Gasteiger partial charge on any atom is 0.335 e. The lowest BCUT2D eigenvalue weighted by molar-refractivity contribution is -0.131. The zero-order chi connectivity index (χ0) is 14.5. The summed E-state index contributed by atoms with van der Waals surface area (Å²) in [6, 6.07) is 7.13. The van der Waals surface area contributed by atoms with E-state index in [0.717, 1.165) is 32.2 Å². The molecular weight excluding hydrogens is 254 g/mol. The Morgan fingerprint density at radius 2 is 2.00 bits per heavy atom. The van der Waals surface area contributed by atoms with E-state index in [1.165, 1.54) is 0 Å². The van der Waals surface area contributed by atoms with Gasteiger partial charge in [0.2, 0.25) is 5.91 Å². The number of rotatable bonds is 7. The second-order valence-corrected chi connectivity index (χ2v) is 5.31. The smallest absolute Gasteiger partial charge is 0.335 e. The van der Waals surface area contributed by atoms with E-state index in [4.69, 9.17) is 5.11 Å². The van der Waals surface area contributed by atoms with Crippen LogP contribution >= 0.6 is 0 Å². The Morgan fingerprint density at radius 3 is 2.60 bits per heavy atom. The molecule has 1 saturated carbocycles. The Hall–Kier alpha value is -1.84. The summed E-state index contributed by atoms with van der Waals surface area (Å²) in [7, 11) is 0. The maximum absolute atomic E-state index is 12.4. The van der Waals surface area contributed by atoms with Crippen LogP contribution in [0.4, 0.5) is 0 Å². The summed E-state index contributed by atoms with van der Waals surface area (Å²) in [6.45, 7) is 2.89. The van der Waals surface area contributed by atoms with Crippen LogP contribution in [0.25, 0.3) is 0 Å². The molecule has 4 nitrogen and oxygen atoms in total. The molecule has 0 unspecified atom stereocenters. The molecule has 2 rings (SSSR count). The lowest BCUT2D eigenvalue weighted by Crippen LogP contribution is -2.35. The van der Waals surface area contributed by atoms with Gasteiger partial charge in [-0.1, -0.05) is 31.5 Å². The molecule has 1 aromatic carbocycles. The van der Waals surface area contributed by atoms with Gasteiger partial charge in [0.05, 0.1) is 12.0 Å². The van der Waals surface area contributed by atoms with Crippen molar-refractivity contribution in [3.63, 3.8) is 0 Å². The van der Waals surface area contributed by atoms with Crippen LogP contribution in [-0.4, -0.2) is 34.5 Å². The van der Waals surface area contributed by atoms with Crippen LogP contribution in [0.2, 0.25) is 0 Å². The zero-order valence-electron chi connectivity index (χ0n) is 11.8. The molecule has 4 heteroatoms. The van der Waals surface area contributed by atoms with Crippen molar-refractivity contribution in [1.82, 2.24) is 4.90 Å². The predicted molar refractivity (Wildman–Crippen MR) is 76.7 cm³/mol. The molecule has 1 amide bonds. The van der Waals surface area contributed by atoms with E-state index in [1.807, 2.05) is 4.90 Å². The first-order valence-electron chi connectivity index (χ1n) is 7.24. The number of hydrogen-bond donors (Lipinski definition) is 1. The summed E-state index contributed by atoms with van der Waals surface area (Å²) < 4.78 is 0. The summed E-state index contributed by atoms with van der Waals surface area (Å²) in [5, 5.41) is 9.16. The van der Waals surface area contributed by atoms with Crippen molar-refractivity contribution >= 4 is 11.9 Å². The number of unbranched alkanes of at least 4 members (excludes halogenated alkanes) is 1. The van der Waals surface area contributed by atoms with Gasteiger partial charge in [0.25, 0.3) is 0 Å². The third-order valence-corrected chi connectivity index (χ3v) is 3.65. The number of carboxylic acid groups (broad SMARTS) is 1. The number of hydrogen-bond acceptors (Lipinski definition) is 2. The molecule has 0 saturated heterocycles. The van der Waals surface area contributed by atoms with Gasteiger partial charge in [0.1, 0.15) is 0 Å². The number of amides is 1. The molecule has 1 fully saturated rings. The SMILES string of the molecule is CCCCN(C(=O)Cc1ccccc1C(=O)O)C1CC1. The minimum absolute atomic E-state index is 0.0506. The molecule has 20 heavy (non-hydrogen) atoms. The van der Waals surface area contributed by atoms with Crippen molar-refractivity contribution in [2.75, 3.05) is 6.54 Å². The molecule has 0 heterocycles. The van der Waals surface area contributed by atoms with Gasteiger partial charge in [0, 0.05) is 12.6 Å². The van der Waals surface area contributed by atoms with Crippen molar-refractivity contribution in [2.24, 2.45) is 0 Å². The molecule has 0 radical (unpaired) electrons. The standard InChI is InChI=1S/C16H21NO3/c1-2-3-10-17(13-8-9-13)15(18)11-12-6-4-5-7-14(12)16(19)20/h4-7,13H,2-3,8-11H2,1H3,(H,19,20). The fraction of sp³-hybridized carbons (Fsp3) is 0.500. The highest BCUT2D eigenvalue weighted by Gasteiger charge is 2.32. The number of nitrogens with zero attached hydrogens (tertiary/aromatic N) is 1. The molecule has 108 valence electrons. The van der Waals surface area contributed by atoms with Gasteiger partial charge in [0.15, 0.2) is 0 Å². The summed E-state index contributed by atoms with van der Waals surface area (Å²) in [6.07, 6.45) is 4.40. The average Bonchev–Trinajstić information content (AvgIpc) is 3.24. The molecule has 1 aliphatic carbocycles. The molecule has 0 aromatic heterocycles. The Balaban J connectivity index is 2.07. The third kappa shape index (κ3) is 3.59. The predicted octanol–water partition coefficient (Wildman–Crippen LogP) is 2.72. The Kier molecular flexibility index (Phi) is 4.77. The molecule has 0 aliphatic heterocycles. The molecule has 1 aliphatic rings. The first-order chi connectivity index (χ1) is 9.63. The van der Waals surface area contributed by atoms with Gasteiger partial charge >= 0.3 is 5.97 Å². The van der Waals surface area contributed by atoms with E-state index in [0.29, 0.717) is 11.6 Å². The van der Waals surface area contributed by atoms with Gasteiger partial charge in [-0.3, -0.25) is 4.79 Å². The molecule has 0 bridgehead atoms. The highest BCUT2D eigenvalue weighted by Crippen LogP contribution is 2.28. The van der Waals surface area contributed by atoms with Crippen LogP contribution in [0.5, 0.6) is 0 Å². The van der Waals surface area contributed by atoms with Gasteiger partial charge in [-0.15, -0.1) is 0 Å². The Morgan fingerprint density at radius 1 is 1.30 bits per heavy atom. The first-order valence-corrected chi connectivity index (χ1v) is 7.24. The van der Waals surface area contributed by atoms with Gasteiger partial charge in [-0.05, 0) is 30.9 Å². The quantitative estimate of drug-likeness (QED) is 0.832. The fourth-order valence-corrected chi connectivity index (χ4v) is 2.37. The monoisotopic (exact) mass is 275 g/mol. The van der Waals surface area contributed by atoms with E-state index in [-0.39, 0.29) is 17.9 Å². The second-order valence-electron chi connectivity index (χ2n) is 5.31. The van der Waals surface area contributed by atoms with Crippen LogP contribution in [-0.2, 0) is 11.2 Å². The number of benzene rings is 1. The van der Waals surface area contributed by atoms with Crippen molar-refractivity contribution in [2.45, 2.75) is 45.1 Å². The molecule has 0 atom stereocenters. The minimum Gasteiger partial charge on any atom is -0.478 e. The van der Waals surface area contributed by atoms with Crippen LogP contribution in [0.3, 0.4) is 0 Å². The lowest BCUT2D eigenvalue weighted by atomic mass is 10.0. The molecule has 1 aromatic rings. The average molecular weight is 275 g/mol. The highest BCUT2D eigenvalue weighted by molar-refractivity contribution is 5.91. The van der Waals surface area contributed by atoms with E-state index < -0.39 is 5.97 Å². The molecule has 0 spiro atoms. The van der Waals surface area contributed by atoms with Crippen LogP contribution in [0.1, 0.15) is 48.5 Å². The van der Waals surface area contributed by atoms with Crippen molar-refractivity contribution in [3.05, 3.63) is 35.4 Å². The largest absolute Gasteiger partial charge is 0.478 e. The highest BCUT2D eigenvalue weighted by atomic mass is 16.4. The van der Waals surface area contributed by atoms with Crippen LogP contribution in [0.15, 0.2) is 24.3 Å². The summed E-state index contributed by atoms with van der Waals surface area (Å²) in [4.78, 5) is 25.5. The van der Waals surface area contributed by atoms with E-state index in [2.05, 4.69) is 6.92 Å². The minimum atomic E-state index is -0.972. The lowest BCUT2D eigenvalue weighted by Gasteiger charge is -2.22. The van der Waals surface area contributed by atoms with Crippen molar-refractivity contribution < 1.29 is 14.7 Å². The van der Waals surface area contributed by atoms with Crippen molar-refractivity contribution in [1.29, 1.82) is 0 Å². The Bertz CT molecular complexity index is 494. The maximum atomic E-state index is 12.4. The van der Waals surface area contributed by atoms with Gasteiger partial charge < -0.3 is 10.0 Å². The summed E-state index contributed by atoms with van der Waals surface area (Å²) in [5.41, 5.74) is 0.833. The number of carbonyl (C=O) groups is 2. The summed E-state index contributed by atoms with van der Waals surface area (Å²) in [5.74, 6) is -0.922. The van der Waals surface area contributed by atoms with Crippen molar-refractivity contribution in [3.8, 4) is 0 Å². The Labute approximate surface area is 119 Å². The number of carboxylic acids is 1. The van der Waals surface area contributed by atoms with Crippen LogP contribution in [0, 0.1) is 0 Å². The van der Waals surface area contributed by atoms with Crippen LogP contribution < -0.4 is 0 Å². The van der Waals surface area contributed by atoms with E-state index in [1.54, 1.807) is 24.3 Å². The topological polar surface area (TPSA) is 57.6 Å². The second kappa shape index (κ2) is 6.55. The summed E-state index contributed by atoms with van der Waals surface area (Å²) >= 11 is 0. The van der Waals surface area contributed by atoms with E-state index in [9.17, 15) is 9.59 Å². The van der Waals surface area contributed by atoms with Gasteiger partial charge in [-0.2, -0.15) is 0 Å².